The molecular formula is C12H13F4NO2. The highest BCUT2D eigenvalue weighted by atomic mass is 19.2. The number of benzene rings is 1. The lowest BCUT2D eigenvalue weighted by atomic mass is 9.86. The van der Waals surface area contributed by atoms with Crippen molar-refractivity contribution < 1.29 is 27.5 Å². The molecule has 0 spiro atoms. The van der Waals surface area contributed by atoms with Gasteiger partial charge >= 0.3 is 5.97 Å². The van der Waals surface area contributed by atoms with Crippen LogP contribution in [-0.4, -0.2) is 16.6 Å². The number of carboxylic acid groups (broad SMARTS) is 1. The molecule has 0 aliphatic heterocycles. The maximum Gasteiger partial charge on any atom is 0.323 e. The first-order valence-electron chi connectivity index (χ1n) is 5.43. The summed E-state index contributed by atoms with van der Waals surface area (Å²) >= 11 is 0. The largest absolute Gasteiger partial charge is 0.480 e. The highest BCUT2D eigenvalue weighted by Gasteiger charge is 2.32. The Morgan fingerprint density at radius 1 is 1.32 bits per heavy atom. The third kappa shape index (κ3) is 3.04. The number of nitrogens with two attached hydrogens (primary N) is 1. The second-order valence-electron chi connectivity index (χ2n) is 4.72. The third-order valence-corrected chi connectivity index (χ3v) is 2.88. The molecule has 0 bridgehead atoms. The number of aliphatic carboxylic acids is 1. The zero-order valence-corrected chi connectivity index (χ0v) is 10.3. The molecule has 0 radical (unpaired) electrons. The number of carboxylic acids is 1. The van der Waals surface area contributed by atoms with Crippen molar-refractivity contribution in [2.75, 3.05) is 0 Å². The molecule has 0 aromatic heterocycles. The summed E-state index contributed by atoms with van der Waals surface area (Å²) in [5.74, 6) is -9.11. The van der Waals surface area contributed by atoms with Crippen LogP contribution in [0.4, 0.5) is 17.6 Å². The predicted octanol–water partition coefficient (Wildman–Crippen LogP) is 2.54. The minimum Gasteiger partial charge on any atom is -0.480 e. The summed E-state index contributed by atoms with van der Waals surface area (Å²) < 4.78 is 52.4. The maximum absolute atomic E-state index is 13.5. The summed E-state index contributed by atoms with van der Waals surface area (Å²) in [5, 5.41) is 8.83. The molecule has 106 valence electrons. The van der Waals surface area contributed by atoms with Gasteiger partial charge in [-0.1, -0.05) is 6.92 Å². The van der Waals surface area contributed by atoms with Crippen molar-refractivity contribution in [1.29, 1.82) is 0 Å². The highest BCUT2D eigenvalue weighted by molar-refractivity contribution is 5.77. The van der Waals surface area contributed by atoms with E-state index in [0.717, 1.165) is 0 Å². The van der Waals surface area contributed by atoms with E-state index in [1.54, 1.807) is 0 Å². The van der Waals surface area contributed by atoms with Gasteiger partial charge in [0.05, 0.1) is 0 Å². The molecule has 1 rings (SSSR count). The van der Waals surface area contributed by atoms with E-state index >= 15 is 0 Å². The average Bonchev–Trinajstić information content (AvgIpc) is 2.30. The predicted molar refractivity (Wildman–Crippen MR) is 59.5 cm³/mol. The maximum atomic E-state index is 13.5. The Balaban J connectivity index is 3.14. The first-order chi connectivity index (χ1) is 8.58. The lowest BCUT2D eigenvalue weighted by Crippen LogP contribution is -2.45. The Labute approximate surface area is 107 Å². The fourth-order valence-corrected chi connectivity index (χ4v) is 1.78. The molecule has 3 nitrogen and oxygen atoms in total. The topological polar surface area (TPSA) is 63.3 Å². The van der Waals surface area contributed by atoms with Gasteiger partial charge in [0.1, 0.15) is 5.54 Å². The normalized spacial score (nSPS) is 15.9. The van der Waals surface area contributed by atoms with Gasteiger partial charge in [-0.05, 0) is 30.9 Å². The molecule has 0 heterocycles. The van der Waals surface area contributed by atoms with Gasteiger partial charge in [0, 0.05) is 0 Å². The Hall–Kier alpha value is -1.63. The molecule has 0 aliphatic rings. The van der Waals surface area contributed by atoms with Crippen LogP contribution < -0.4 is 5.73 Å². The molecule has 1 aromatic rings. The number of rotatable bonds is 4. The lowest BCUT2D eigenvalue weighted by molar-refractivity contribution is -0.143. The van der Waals surface area contributed by atoms with Gasteiger partial charge in [-0.15, -0.1) is 0 Å². The zero-order chi connectivity index (χ0) is 15.0. The van der Waals surface area contributed by atoms with E-state index in [-0.39, 0.29) is 6.42 Å². The number of hydrogen-bond donors (Lipinski definition) is 2. The van der Waals surface area contributed by atoms with E-state index in [2.05, 4.69) is 0 Å². The molecule has 0 saturated heterocycles. The van der Waals surface area contributed by atoms with Crippen molar-refractivity contribution in [2.24, 2.45) is 5.73 Å². The quantitative estimate of drug-likeness (QED) is 0.506. The molecular weight excluding hydrogens is 266 g/mol. The SMILES string of the molecule is CC(CC(C)(N)C(=O)O)c1cc(F)c(F)c(F)c1F. The van der Waals surface area contributed by atoms with Gasteiger partial charge in [0.25, 0.3) is 0 Å². The van der Waals surface area contributed by atoms with E-state index in [9.17, 15) is 22.4 Å². The smallest absolute Gasteiger partial charge is 0.323 e. The molecule has 1 aromatic carbocycles. The van der Waals surface area contributed by atoms with Crippen molar-refractivity contribution >= 4 is 5.97 Å². The van der Waals surface area contributed by atoms with Gasteiger partial charge in [0.15, 0.2) is 23.3 Å². The monoisotopic (exact) mass is 279 g/mol. The van der Waals surface area contributed by atoms with Crippen molar-refractivity contribution in [3.8, 4) is 0 Å². The van der Waals surface area contributed by atoms with E-state index in [4.69, 9.17) is 10.8 Å². The van der Waals surface area contributed by atoms with Crippen LogP contribution in [0.2, 0.25) is 0 Å². The van der Waals surface area contributed by atoms with Crippen LogP contribution in [0.25, 0.3) is 0 Å². The Bertz CT molecular complexity index is 517. The van der Waals surface area contributed by atoms with Gasteiger partial charge in [0.2, 0.25) is 0 Å². The van der Waals surface area contributed by atoms with E-state index in [1.807, 2.05) is 0 Å². The summed E-state index contributed by atoms with van der Waals surface area (Å²) in [6, 6.07) is 0.510. The van der Waals surface area contributed by atoms with Crippen LogP contribution in [0.5, 0.6) is 0 Å². The second kappa shape index (κ2) is 5.16. The van der Waals surface area contributed by atoms with E-state index in [0.29, 0.717) is 6.07 Å². The molecule has 0 fully saturated rings. The van der Waals surface area contributed by atoms with Crippen molar-refractivity contribution in [3.63, 3.8) is 0 Å². The van der Waals surface area contributed by atoms with E-state index in [1.165, 1.54) is 13.8 Å². The average molecular weight is 279 g/mol. The molecule has 2 atom stereocenters. The standard InChI is InChI=1S/C12H13F4NO2/c1-5(4-12(2,17)11(18)19)6-3-7(13)9(15)10(16)8(6)14/h3,5H,4,17H2,1-2H3,(H,18,19). The summed E-state index contributed by atoms with van der Waals surface area (Å²) in [4.78, 5) is 10.8. The van der Waals surface area contributed by atoms with Crippen molar-refractivity contribution in [3.05, 3.63) is 34.9 Å². The van der Waals surface area contributed by atoms with Crippen molar-refractivity contribution in [2.45, 2.75) is 31.7 Å². The molecule has 0 amide bonds. The zero-order valence-electron chi connectivity index (χ0n) is 10.3. The molecule has 19 heavy (non-hydrogen) atoms. The molecule has 0 saturated carbocycles. The van der Waals surface area contributed by atoms with E-state index < -0.39 is 46.3 Å². The Morgan fingerprint density at radius 2 is 1.84 bits per heavy atom. The summed E-state index contributed by atoms with van der Waals surface area (Å²) in [6.45, 7) is 2.54. The van der Waals surface area contributed by atoms with Crippen LogP contribution in [-0.2, 0) is 4.79 Å². The van der Waals surface area contributed by atoms with Gasteiger partial charge in [-0.2, -0.15) is 0 Å². The summed E-state index contributed by atoms with van der Waals surface area (Å²) in [6.07, 6.45) is -0.260. The summed E-state index contributed by atoms with van der Waals surface area (Å²) in [5.41, 5.74) is 3.33. The van der Waals surface area contributed by atoms with Gasteiger partial charge in [-0.3, -0.25) is 4.79 Å². The van der Waals surface area contributed by atoms with Crippen molar-refractivity contribution in [1.82, 2.24) is 0 Å². The van der Waals surface area contributed by atoms with Crippen LogP contribution in [0, 0.1) is 23.3 Å². The Kier molecular flexibility index (Phi) is 4.19. The van der Waals surface area contributed by atoms with Crippen LogP contribution in [0.1, 0.15) is 31.7 Å². The number of halogens is 4. The van der Waals surface area contributed by atoms with Crippen LogP contribution in [0.3, 0.4) is 0 Å². The van der Waals surface area contributed by atoms with Gasteiger partial charge in [-0.25, -0.2) is 17.6 Å². The first-order valence-corrected chi connectivity index (χ1v) is 5.43. The van der Waals surface area contributed by atoms with Crippen LogP contribution in [0.15, 0.2) is 6.07 Å². The molecule has 3 N–H and O–H groups in total. The minimum atomic E-state index is -1.92. The minimum absolute atomic E-state index is 0.260. The molecule has 7 heteroatoms. The highest BCUT2D eigenvalue weighted by Crippen LogP contribution is 2.30. The number of hydrogen-bond acceptors (Lipinski definition) is 2. The third-order valence-electron chi connectivity index (χ3n) is 2.88. The first kappa shape index (κ1) is 15.4. The summed E-state index contributed by atoms with van der Waals surface area (Å²) in [7, 11) is 0. The molecule has 2 unspecified atom stereocenters. The molecule has 0 aliphatic carbocycles. The van der Waals surface area contributed by atoms with Crippen LogP contribution >= 0.6 is 0 Å². The number of carbonyl (C=O) groups is 1. The second-order valence-corrected chi connectivity index (χ2v) is 4.72. The lowest BCUT2D eigenvalue weighted by Gasteiger charge is -2.24. The fourth-order valence-electron chi connectivity index (χ4n) is 1.78. The Morgan fingerprint density at radius 3 is 2.32 bits per heavy atom. The van der Waals surface area contributed by atoms with Gasteiger partial charge < -0.3 is 10.8 Å². The fraction of sp³-hybridized carbons (Fsp3) is 0.417.